The summed E-state index contributed by atoms with van der Waals surface area (Å²) < 4.78 is 6.85. The highest BCUT2D eigenvalue weighted by Crippen LogP contribution is 2.24. The molecule has 0 saturated heterocycles. The zero-order chi connectivity index (χ0) is 17.6. The van der Waals surface area contributed by atoms with Gasteiger partial charge in [-0.25, -0.2) is 4.79 Å². The Morgan fingerprint density at radius 3 is 2.61 bits per heavy atom. The fourth-order valence-electron chi connectivity index (χ4n) is 2.54. The van der Waals surface area contributed by atoms with Gasteiger partial charge in [-0.3, -0.25) is 4.79 Å². The lowest BCUT2D eigenvalue weighted by atomic mass is 10.1. The molecular formula is C17H23N3O3. The second-order valence-corrected chi connectivity index (χ2v) is 5.19. The maximum Gasteiger partial charge on any atom is 0.355 e. The fourth-order valence-corrected chi connectivity index (χ4v) is 2.54. The van der Waals surface area contributed by atoms with Gasteiger partial charge in [-0.15, -0.1) is 6.58 Å². The Balaban J connectivity index is 3.36. The molecule has 0 radical (unpaired) electrons. The van der Waals surface area contributed by atoms with Crippen molar-refractivity contribution in [3.63, 3.8) is 0 Å². The molecule has 0 N–H and O–H groups in total. The number of nitrogens with zero attached hydrogens (tertiary/aromatic N) is 3. The average Bonchev–Trinajstić information content (AvgIpc) is 2.75. The van der Waals surface area contributed by atoms with Crippen LogP contribution in [0.15, 0.2) is 12.7 Å². The van der Waals surface area contributed by atoms with Crippen LogP contribution in [0, 0.1) is 25.2 Å². The van der Waals surface area contributed by atoms with E-state index in [2.05, 4.69) is 6.58 Å². The second kappa shape index (κ2) is 8.18. The number of carbonyl (C=O) groups is 2. The van der Waals surface area contributed by atoms with Gasteiger partial charge >= 0.3 is 5.97 Å². The third kappa shape index (κ3) is 3.81. The molecule has 1 amide bonds. The Bertz CT molecular complexity index is 653. The van der Waals surface area contributed by atoms with Crippen molar-refractivity contribution in [2.24, 2.45) is 0 Å². The first-order valence-corrected chi connectivity index (χ1v) is 7.50. The minimum absolute atomic E-state index is 0.205. The Labute approximate surface area is 136 Å². The first-order chi connectivity index (χ1) is 10.9. The molecule has 23 heavy (non-hydrogen) atoms. The van der Waals surface area contributed by atoms with Gasteiger partial charge in [0.1, 0.15) is 5.69 Å². The Kier molecular flexibility index (Phi) is 6.58. The van der Waals surface area contributed by atoms with E-state index in [1.54, 1.807) is 38.5 Å². The lowest BCUT2D eigenvalue weighted by molar-refractivity contribution is 0.0513. The summed E-state index contributed by atoms with van der Waals surface area (Å²) in [5.41, 5.74) is 2.15. The van der Waals surface area contributed by atoms with Crippen LogP contribution in [0.3, 0.4) is 0 Å². The van der Waals surface area contributed by atoms with Crippen LogP contribution >= 0.6 is 0 Å². The topological polar surface area (TPSA) is 75.3 Å². The standard InChI is InChI=1S/C17H23N3O3/c1-6-10-20-13(4)14(16(21)19(5)11-8-9-18)12(3)15(20)17(22)23-7-2/h6H,1,7-8,10-11H2,2-5H3. The van der Waals surface area contributed by atoms with E-state index in [4.69, 9.17) is 10.00 Å². The van der Waals surface area contributed by atoms with Gasteiger partial charge in [-0.05, 0) is 26.3 Å². The quantitative estimate of drug-likeness (QED) is 0.572. The van der Waals surface area contributed by atoms with Crippen LogP contribution in [-0.4, -0.2) is 41.5 Å². The Hall–Kier alpha value is -2.55. The van der Waals surface area contributed by atoms with Crippen molar-refractivity contribution in [2.45, 2.75) is 33.7 Å². The summed E-state index contributed by atoms with van der Waals surface area (Å²) >= 11 is 0. The monoisotopic (exact) mass is 317 g/mol. The van der Waals surface area contributed by atoms with E-state index in [0.29, 0.717) is 35.6 Å². The van der Waals surface area contributed by atoms with E-state index in [1.165, 1.54) is 4.90 Å². The van der Waals surface area contributed by atoms with Crippen LogP contribution in [0.25, 0.3) is 0 Å². The molecule has 1 heterocycles. The van der Waals surface area contributed by atoms with Crippen molar-refractivity contribution in [1.29, 1.82) is 5.26 Å². The number of ether oxygens (including phenoxy) is 1. The van der Waals surface area contributed by atoms with Crippen molar-refractivity contribution in [3.05, 3.63) is 35.2 Å². The number of aromatic nitrogens is 1. The van der Waals surface area contributed by atoms with E-state index in [9.17, 15) is 9.59 Å². The Morgan fingerprint density at radius 2 is 2.09 bits per heavy atom. The van der Waals surface area contributed by atoms with Crippen LogP contribution in [-0.2, 0) is 11.3 Å². The molecular weight excluding hydrogens is 294 g/mol. The highest BCUT2D eigenvalue weighted by atomic mass is 16.5. The van der Waals surface area contributed by atoms with Gasteiger partial charge in [0, 0.05) is 25.8 Å². The van der Waals surface area contributed by atoms with Gasteiger partial charge in [-0.1, -0.05) is 6.08 Å². The molecule has 1 rings (SSSR count). The smallest absolute Gasteiger partial charge is 0.355 e. The highest BCUT2D eigenvalue weighted by molar-refractivity contribution is 6.01. The zero-order valence-electron chi connectivity index (χ0n) is 14.2. The maximum absolute atomic E-state index is 12.7. The molecule has 6 heteroatoms. The Morgan fingerprint density at radius 1 is 1.43 bits per heavy atom. The lowest BCUT2D eigenvalue weighted by Gasteiger charge is -2.16. The third-order valence-corrected chi connectivity index (χ3v) is 3.67. The number of amides is 1. The molecule has 0 spiro atoms. The minimum atomic E-state index is -0.450. The van der Waals surface area contributed by atoms with Crippen LogP contribution in [0.4, 0.5) is 0 Å². The maximum atomic E-state index is 12.7. The molecule has 0 aliphatic rings. The van der Waals surface area contributed by atoms with Gasteiger partial charge in [0.2, 0.25) is 0 Å². The number of hydrogen-bond donors (Lipinski definition) is 0. The number of rotatable bonds is 7. The number of allylic oxidation sites excluding steroid dienone is 1. The van der Waals surface area contributed by atoms with Gasteiger partial charge in [0.25, 0.3) is 5.91 Å². The van der Waals surface area contributed by atoms with Gasteiger partial charge < -0.3 is 14.2 Å². The minimum Gasteiger partial charge on any atom is -0.461 e. The molecule has 0 bridgehead atoms. The fraction of sp³-hybridized carbons (Fsp3) is 0.471. The molecule has 6 nitrogen and oxygen atoms in total. The first kappa shape index (κ1) is 18.5. The number of esters is 1. The van der Waals surface area contributed by atoms with E-state index < -0.39 is 5.97 Å². The molecule has 0 unspecified atom stereocenters. The van der Waals surface area contributed by atoms with Crippen LogP contribution in [0.5, 0.6) is 0 Å². The molecule has 0 fully saturated rings. The SMILES string of the molecule is C=CCn1c(C)c(C(=O)N(C)CCC#N)c(C)c1C(=O)OCC. The molecule has 0 aliphatic carbocycles. The van der Waals surface area contributed by atoms with Crippen LogP contribution in [0.2, 0.25) is 0 Å². The molecule has 0 atom stereocenters. The molecule has 0 saturated carbocycles. The average molecular weight is 317 g/mol. The molecule has 0 aromatic carbocycles. The van der Waals surface area contributed by atoms with Gasteiger partial charge in [0.05, 0.1) is 24.7 Å². The highest BCUT2D eigenvalue weighted by Gasteiger charge is 2.28. The summed E-state index contributed by atoms with van der Waals surface area (Å²) in [6, 6.07) is 2.02. The summed E-state index contributed by atoms with van der Waals surface area (Å²) in [5, 5.41) is 8.66. The van der Waals surface area contributed by atoms with E-state index in [1.807, 2.05) is 6.07 Å². The van der Waals surface area contributed by atoms with E-state index >= 15 is 0 Å². The summed E-state index contributed by atoms with van der Waals surface area (Å²) in [4.78, 5) is 26.4. The molecule has 124 valence electrons. The van der Waals surface area contributed by atoms with Crippen molar-refractivity contribution in [3.8, 4) is 6.07 Å². The zero-order valence-corrected chi connectivity index (χ0v) is 14.2. The van der Waals surface area contributed by atoms with Gasteiger partial charge in [-0.2, -0.15) is 5.26 Å². The van der Waals surface area contributed by atoms with Crippen LogP contribution in [0.1, 0.15) is 45.4 Å². The number of nitriles is 1. The van der Waals surface area contributed by atoms with Crippen molar-refractivity contribution < 1.29 is 14.3 Å². The molecule has 1 aromatic rings. The molecule has 1 aromatic heterocycles. The van der Waals surface area contributed by atoms with E-state index in [-0.39, 0.29) is 18.9 Å². The second-order valence-electron chi connectivity index (χ2n) is 5.19. The number of hydrogen-bond acceptors (Lipinski definition) is 4. The summed E-state index contributed by atoms with van der Waals surface area (Å²) in [5.74, 6) is -0.655. The predicted molar refractivity (Wildman–Crippen MR) is 87.3 cm³/mol. The van der Waals surface area contributed by atoms with Gasteiger partial charge in [0.15, 0.2) is 0 Å². The lowest BCUT2D eigenvalue weighted by Crippen LogP contribution is -2.28. The predicted octanol–water partition coefficient (Wildman–Crippen LogP) is 2.45. The van der Waals surface area contributed by atoms with Crippen molar-refractivity contribution in [1.82, 2.24) is 9.47 Å². The van der Waals surface area contributed by atoms with Crippen molar-refractivity contribution >= 4 is 11.9 Å². The van der Waals surface area contributed by atoms with E-state index in [0.717, 1.165) is 0 Å². The largest absolute Gasteiger partial charge is 0.461 e. The molecule has 0 aliphatic heterocycles. The summed E-state index contributed by atoms with van der Waals surface area (Å²) in [6.45, 7) is 10.00. The van der Waals surface area contributed by atoms with Crippen molar-refractivity contribution in [2.75, 3.05) is 20.2 Å². The third-order valence-electron chi connectivity index (χ3n) is 3.67. The summed E-state index contributed by atoms with van der Waals surface area (Å²) in [7, 11) is 1.65. The summed E-state index contributed by atoms with van der Waals surface area (Å²) in [6.07, 6.45) is 1.93. The first-order valence-electron chi connectivity index (χ1n) is 7.50. The number of carbonyl (C=O) groups excluding carboxylic acids is 2. The van der Waals surface area contributed by atoms with Crippen LogP contribution < -0.4 is 0 Å². The normalized spacial score (nSPS) is 10.0.